The minimum Gasteiger partial charge on any atom is -0.465 e. The molecule has 0 aliphatic carbocycles. The number of allylic oxidation sites excluding steroid dienone is 1. The highest BCUT2D eigenvalue weighted by molar-refractivity contribution is 7.15. The quantitative estimate of drug-likeness (QED) is 0.696. The summed E-state index contributed by atoms with van der Waals surface area (Å²) in [6.45, 7) is 6.10. The van der Waals surface area contributed by atoms with Gasteiger partial charge in [-0.25, -0.2) is 4.79 Å². The van der Waals surface area contributed by atoms with Crippen molar-refractivity contribution < 1.29 is 9.53 Å². The lowest BCUT2D eigenvalue weighted by atomic mass is 10.3. The maximum absolute atomic E-state index is 11.9. The van der Waals surface area contributed by atoms with Crippen LogP contribution in [0.1, 0.15) is 27.2 Å². The number of methoxy groups -OCH3 is 1. The van der Waals surface area contributed by atoms with Crippen molar-refractivity contribution in [3.05, 3.63) is 45.9 Å². The first-order valence-electron chi connectivity index (χ1n) is 6.61. The highest BCUT2D eigenvalue weighted by Gasteiger charge is 2.16. The van der Waals surface area contributed by atoms with Crippen LogP contribution in [0.4, 0.5) is 5.69 Å². The fourth-order valence-electron chi connectivity index (χ4n) is 1.74. The zero-order valence-corrected chi connectivity index (χ0v) is 13.6. The molecule has 0 saturated heterocycles. The number of esters is 1. The van der Waals surface area contributed by atoms with Crippen LogP contribution < -0.4 is 5.32 Å². The van der Waals surface area contributed by atoms with Gasteiger partial charge in [0.25, 0.3) is 0 Å². The molecule has 2 aromatic rings. The summed E-state index contributed by atoms with van der Waals surface area (Å²) in [5.41, 5.74) is 2.36. The highest BCUT2D eigenvalue weighted by Crippen LogP contribution is 2.28. The largest absolute Gasteiger partial charge is 0.465 e. The van der Waals surface area contributed by atoms with Crippen molar-refractivity contribution in [2.24, 2.45) is 7.05 Å². The van der Waals surface area contributed by atoms with E-state index in [0.717, 1.165) is 16.1 Å². The molecule has 5 nitrogen and oxygen atoms in total. The Morgan fingerprint density at radius 1 is 1.59 bits per heavy atom. The van der Waals surface area contributed by atoms with E-state index >= 15 is 0 Å². The van der Waals surface area contributed by atoms with Crippen molar-refractivity contribution in [1.82, 2.24) is 9.78 Å². The second-order valence-corrected chi connectivity index (χ2v) is 5.76. The zero-order valence-electron chi connectivity index (χ0n) is 12.8. The number of hydrogen-bond donors (Lipinski definition) is 1. The Morgan fingerprint density at radius 3 is 2.95 bits per heavy atom. The minimum absolute atomic E-state index is 0.378. The molecule has 0 bridgehead atoms. The Balaban J connectivity index is 2.22. The molecular formula is C16H17N3O2S. The molecule has 2 aromatic heterocycles. The summed E-state index contributed by atoms with van der Waals surface area (Å²) in [6, 6.07) is 3.76. The predicted molar refractivity (Wildman–Crippen MR) is 87.9 cm³/mol. The van der Waals surface area contributed by atoms with Crippen LogP contribution in [0.2, 0.25) is 0 Å². The van der Waals surface area contributed by atoms with Crippen LogP contribution in [0.25, 0.3) is 0 Å². The molecule has 2 rings (SSSR count). The number of anilines is 1. The van der Waals surface area contributed by atoms with Gasteiger partial charge in [-0.1, -0.05) is 18.4 Å². The molecule has 0 saturated carbocycles. The van der Waals surface area contributed by atoms with Gasteiger partial charge in [0.15, 0.2) is 0 Å². The maximum atomic E-state index is 11.9. The first-order valence-corrected chi connectivity index (χ1v) is 7.43. The van der Waals surface area contributed by atoms with E-state index in [2.05, 4.69) is 28.8 Å². The Hall–Kier alpha value is -2.52. The topological polar surface area (TPSA) is 56.2 Å². The summed E-state index contributed by atoms with van der Waals surface area (Å²) >= 11 is 1.30. The van der Waals surface area contributed by atoms with Gasteiger partial charge in [-0.3, -0.25) is 4.68 Å². The van der Waals surface area contributed by atoms with Crippen LogP contribution in [0.15, 0.2) is 30.5 Å². The number of ether oxygens (including phenoxy) is 1. The molecule has 1 N–H and O–H groups in total. The van der Waals surface area contributed by atoms with Crippen molar-refractivity contribution >= 4 is 23.0 Å². The van der Waals surface area contributed by atoms with Crippen LogP contribution in [-0.4, -0.2) is 22.9 Å². The van der Waals surface area contributed by atoms with E-state index in [9.17, 15) is 4.79 Å². The van der Waals surface area contributed by atoms with Gasteiger partial charge in [0.1, 0.15) is 4.88 Å². The molecule has 0 aliphatic rings. The van der Waals surface area contributed by atoms with Gasteiger partial charge in [-0.2, -0.15) is 5.10 Å². The summed E-state index contributed by atoms with van der Waals surface area (Å²) in [5, 5.41) is 7.50. The molecule has 0 atom stereocenters. The van der Waals surface area contributed by atoms with E-state index in [-0.39, 0.29) is 5.97 Å². The number of aromatic nitrogens is 2. The molecule has 0 fully saturated rings. The van der Waals surface area contributed by atoms with Crippen LogP contribution in [0.3, 0.4) is 0 Å². The van der Waals surface area contributed by atoms with Gasteiger partial charge >= 0.3 is 5.97 Å². The highest BCUT2D eigenvalue weighted by atomic mass is 32.1. The van der Waals surface area contributed by atoms with E-state index in [1.54, 1.807) is 4.68 Å². The van der Waals surface area contributed by atoms with E-state index in [1.165, 1.54) is 18.4 Å². The molecular weight excluding hydrogens is 298 g/mol. The lowest BCUT2D eigenvalue weighted by Gasteiger charge is -2.04. The summed E-state index contributed by atoms with van der Waals surface area (Å²) in [7, 11) is 3.23. The van der Waals surface area contributed by atoms with Crippen molar-refractivity contribution in [3.8, 4) is 11.8 Å². The molecule has 2 heterocycles. The number of nitrogens with one attached hydrogen (secondary N) is 1. The molecule has 0 amide bonds. The lowest BCUT2D eigenvalue weighted by molar-refractivity contribution is 0.0607. The first-order chi connectivity index (χ1) is 10.5. The van der Waals surface area contributed by atoms with Crippen LogP contribution in [0.5, 0.6) is 0 Å². The third kappa shape index (κ3) is 3.99. The van der Waals surface area contributed by atoms with E-state index in [0.29, 0.717) is 17.1 Å². The number of thiophene rings is 1. The molecule has 6 heteroatoms. The molecule has 22 heavy (non-hydrogen) atoms. The number of carbonyl (C=O) groups is 1. The SMILES string of the molecule is C=C(C)C#Cc1cc(NCc2ccn(C)n2)c(C(=O)OC)s1. The Labute approximate surface area is 133 Å². The van der Waals surface area contributed by atoms with Crippen molar-refractivity contribution in [2.75, 3.05) is 12.4 Å². The Morgan fingerprint density at radius 2 is 2.36 bits per heavy atom. The van der Waals surface area contributed by atoms with Crippen LogP contribution in [-0.2, 0) is 18.3 Å². The number of rotatable bonds is 4. The Bertz CT molecular complexity index is 762. The second-order valence-electron chi connectivity index (χ2n) is 4.71. The van der Waals surface area contributed by atoms with Crippen LogP contribution in [0, 0.1) is 11.8 Å². The van der Waals surface area contributed by atoms with Gasteiger partial charge in [-0.15, -0.1) is 11.3 Å². The summed E-state index contributed by atoms with van der Waals surface area (Å²) in [5.74, 6) is 5.52. The number of hydrogen-bond acceptors (Lipinski definition) is 5. The van der Waals surface area contributed by atoms with Crippen LogP contribution >= 0.6 is 11.3 Å². The van der Waals surface area contributed by atoms with Gasteiger partial charge in [-0.05, 0) is 24.6 Å². The monoisotopic (exact) mass is 315 g/mol. The van der Waals surface area contributed by atoms with E-state index in [1.807, 2.05) is 32.3 Å². The third-order valence-electron chi connectivity index (χ3n) is 2.73. The summed E-state index contributed by atoms with van der Waals surface area (Å²) in [4.78, 5) is 13.2. The smallest absolute Gasteiger partial charge is 0.350 e. The molecule has 114 valence electrons. The van der Waals surface area contributed by atoms with E-state index < -0.39 is 0 Å². The van der Waals surface area contributed by atoms with Crippen molar-refractivity contribution in [1.29, 1.82) is 0 Å². The predicted octanol–water partition coefficient (Wildman–Crippen LogP) is 2.81. The Kier molecular flexibility index (Phi) is 5.02. The maximum Gasteiger partial charge on any atom is 0.350 e. The minimum atomic E-state index is -0.378. The third-order valence-corrected chi connectivity index (χ3v) is 3.76. The van der Waals surface area contributed by atoms with Gasteiger partial charge < -0.3 is 10.1 Å². The van der Waals surface area contributed by atoms with Gasteiger partial charge in [0.2, 0.25) is 0 Å². The standard InChI is InChI=1S/C16H17N3O2S/c1-11(2)5-6-13-9-14(15(22-13)16(20)21-4)17-10-12-7-8-19(3)18-12/h7-9,17H,1,10H2,2-4H3. The summed E-state index contributed by atoms with van der Waals surface area (Å²) in [6.07, 6.45) is 1.87. The number of carbonyl (C=O) groups excluding carboxylic acids is 1. The second kappa shape index (κ2) is 6.96. The van der Waals surface area contributed by atoms with Gasteiger partial charge in [0.05, 0.1) is 29.9 Å². The average Bonchev–Trinajstić information content (AvgIpc) is 3.08. The molecule has 0 spiro atoms. The zero-order chi connectivity index (χ0) is 16.1. The fourth-order valence-corrected chi connectivity index (χ4v) is 2.65. The van der Waals surface area contributed by atoms with Gasteiger partial charge in [0, 0.05) is 13.2 Å². The molecule has 0 radical (unpaired) electrons. The fraction of sp³-hybridized carbons (Fsp3) is 0.250. The lowest BCUT2D eigenvalue weighted by Crippen LogP contribution is -2.06. The number of aryl methyl sites for hydroxylation is 1. The first kappa shape index (κ1) is 15.9. The number of nitrogens with zero attached hydrogens (tertiary/aromatic N) is 2. The molecule has 0 aromatic carbocycles. The normalized spacial score (nSPS) is 9.77. The average molecular weight is 315 g/mol. The molecule has 0 aliphatic heterocycles. The van der Waals surface area contributed by atoms with Crippen molar-refractivity contribution in [2.45, 2.75) is 13.5 Å². The van der Waals surface area contributed by atoms with E-state index in [4.69, 9.17) is 4.74 Å². The molecule has 0 unspecified atom stereocenters. The summed E-state index contributed by atoms with van der Waals surface area (Å²) < 4.78 is 6.55. The van der Waals surface area contributed by atoms with Crippen molar-refractivity contribution in [3.63, 3.8) is 0 Å².